The molecule has 0 unspecified atom stereocenters. The van der Waals surface area contributed by atoms with E-state index in [0.717, 1.165) is 18.4 Å². The van der Waals surface area contributed by atoms with Crippen molar-refractivity contribution in [3.63, 3.8) is 0 Å². The molecule has 0 spiro atoms. The molecular weight excluding hydrogens is 296 g/mol. The third-order valence-corrected chi connectivity index (χ3v) is 3.69. The van der Waals surface area contributed by atoms with Gasteiger partial charge >= 0.3 is 6.09 Å². The van der Waals surface area contributed by atoms with Crippen molar-refractivity contribution in [3.8, 4) is 5.75 Å². The van der Waals surface area contributed by atoms with Crippen molar-refractivity contribution in [1.82, 2.24) is 10.2 Å². The van der Waals surface area contributed by atoms with Crippen molar-refractivity contribution in [2.45, 2.75) is 25.8 Å². The summed E-state index contributed by atoms with van der Waals surface area (Å²) in [5, 5.41) is 12.1. The Balaban J connectivity index is 1.76. The predicted molar refractivity (Wildman–Crippen MR) is 86.9 cm³/mol. The van der Waals surface area contributed by atoms with E-state index in [2.05, 4.69) is 5.32 Å². The molecule has 0 atom stereocenters. The summed E-state index contributed by atoms with van der Waals surface area (Å²) in [4.78, 5) is 25.2. The number of hydrogen-bond donors (Lipinski definition) is 2. The predicted octanol–water partition coefficient (Wildman–Crippen LogP) is 2.14. The maximum absolute atomic E-state index is 11.9. The number of rotatable bonds is 4. The lowest BCUT2D eigenvalue weighted by Gasteiger charge is -2.31. The molecule has 1 aromatic rings. The number of aromatic hydroxyl groups is 1. The summed E-state index contributed by atoms with van der Waals surface area (Å²) >= 11 is 0. The van der Waals surface area contributed by atoms with Crippen LogP contribution < -0.4 is 5.32 Å². The number of piperidine rings is 1. The highest BCUT2D eigenvalue weighted by Gasteiger charge is 2.23. The summed E-state index contributed by atoms with van der Waals surface area (Å²) in [6.45, 7) is 3.33. The number of phenolic OH excluding ortho intramolecular Hbond substituents is 1. The zero-order valence-electron chi connectivity index (χ0n) is 13.2. The number of phenols is 1. The molecule has 0 radical (unpaired) electrons. The van der Waals surface area contributed by atoms with E-state index in [9.17, 15) is 14.7 Å². The topological polar surface area (TPSA) is 78.9 Å². The summed E-state index contributed by atoms with van der Waals surface area (Å²) < 4.78 is 4.96. The van der Waals surface area contributed by atoms with Gasteiger partial charge in [-0.3, -0.25) is 4.79 Å². The minimum absolute atomic E-state index is 0.0673. The Morgan fingerprint density at radius 2 is 1.96 bits per heavy atom. The summed E-state index contributed by atoms with van der Waals surface area (Å²) in [7, 11) is 0. The fraction of sp³-hybridized carbons (Fsp3) is 0.412. The molecule has 0 saturated carbocycles. The molecule has 0 aromatic heterocycles. The van der Waals surface area contributed by atoms with Crippen molar-refractivity contribution < 1.29 is 19.4 Å². The van der Waals surface area contributed by atoms with Gasteiger partial charge in [0.05, 0.1) is 6.61 Å². The third kappa shape index (κ3) is 5.32. The molecule has 2 rings (SSSR count). The molecule has 6 nitrogen and oxygen atoms in total. The normalized spacial score (nSPS) is 15.6. The number of carbonyl (C=O) groups is 2. The van der Waals surface area contributed by atoms with Gasteiger partial charge in [-0.05, 0) is 43.5 Å². The maximum atomic E-state index is 11.9. The fourth-order valence-electron chi connectivity index (χ4n) is 2.43. The standard InChI is InChI=1S/C17H22N2O4/c1-2-23-17(22)19-11-9-14(10-12-19)18-16(21)8-5-13-3-6-15(20)7-4-13/h3-8,14,20H,2,9-12H2,1H3,(H,18,21)/b8-5+. The number of nitrogens with one attached hydrogen (secondary N) is 1. The fourth-order valence-corrected chi connectivity index (χ4v) is 2.43. The second-order valence-corrected chi connectivity index (χ2v) is 5.39. The highest BCUT2D eigenvalue weighted by Crippen LogP contribution is 2.12. The van der Waals surface area contributed by atoms with Gasteiger partial charge in [-0.25, -0.2) is 4.79 Å². The Morgan fingerprint density at radius 3 is 2.57 bits per heavy atom. The van der Waals surface area contributed by atoms with Crippen LogP contribution in [0.25, 0.3) is 6.08 Å². The lowest BCUT2D eigenvalue weighted by Crippen LogP contribution is -2.46. The van der Waals surface area contributed by atoms with E-state index in [1.165, 1.54) is 6.08 Å². The Bertz CT molecular complexity index is 560. The first kappa shape index (κ1) is 16.9. The number of benzene rings is 1. The maximum Gasteiger partial charge on any atom is 0.409 e. The van der Waals surface area contributed by atoms with Crippen LogP contribution in [0.2, 0.25) is 0 Å². The van der Waals surface area contributed by atoms with Crippen LogP contribution in [0.1, 0.15) is 25.3 Å². The van der Waals surface area contributed by atoms with Gasteiger partial charge in [0.25, 0.3) is 0 Å². The first-order valence-electron chi connectivity index (χ1n) is 7.78. The lowest BCUT2D eigenvalue weighted by atomic mass is 10.1. The van der Waals surface area contributed by atoms with Crippen LogP contribution in [-0.2, 0) is 9.53 Å². The van der Waals surface area contributed by atoms with E-state index < -0.39 is 0 Å². The number of likely N-dealkylation sites (tertiary alicyclic amines) is 1. The molecule has 1 heterocycles. The number of carbonyl (C=O) groups excluding carboxylic acids is 2. The molecule has 2 N–H and O–H groups in total. The minimum atomic E-state index is -0.287. The van der Waals surface area contributed by atoms with Gasteiger partial charge in [-0.2, -0.15) is 0 Å². The van der Waals surface area contributed by atoms with Crippen LogP contribution in [0.5, 0.6) is 5.75 Å². The molecular formula is C17H22N2O4. The molecule has 1 aliphatic heterocycles. The summed E-state index contributed by atoms with van der Waals surface area (Å²) in [5.41, 5.74) is 0.843. The van der Waals surface area contributed by atoms with Gasteiger partial charge in [-0.15, -0.1) is 0 Å². The number of nitrogens with zero attached hydrogens (tertiary/aromatic N) is 1. The molecule has 124 valence electrons. The van der Waals surface area contributed by atoms with E-state index in [1.54, 1.807) is 42.2 Å². The summed E-state index contributed by atoms with van der Waals surface area (Å²) in [6.07, 6.45) is 4.33. The average molecular weight is 318 g/mol. The molecule has 1 saturated heterocycles. The molecule has 1 fully saturated rings. The van der Waals surface area contributed by atoms with Gasteiger partial charge in [0, 0.05) is 25.2 Å². The number of hydrogen-bond acceptors (Lipinski definition) is 4. The Kier molecular flexibility index (Phi) is 6.02. The van der Waals surface area contributed by atoms with Crippen LogP contribution in [0, 0.1) is 0 Å². The molecule has 6 heteroatoms. The number of amides is 2. The van der Waals surface area contributed by atoms with Crippen LogP contribution >= 0.6 is 0 Å². The highest BCUT2D eigenvalue weighted by atomic mass is 16.6. The first-order valence-corrected chi connectivity index (χ1v) is 7.78. The summed E-state index contributed by atoms with van der Waals surface area (Å²) in [5.74, 6) is 0.0348. The van der Waals surface area contributed by atoms with E-state index in [0.29, 0.717) is 19.7 Å². The van der Waals surface area contributed by atoms with Crippen molar-refractivity contribution in [1.29, 1.82) is 0 Å². The van der Waals surface area contributed by atoms with E-state index in [4.69, 9.17) is 4.74 Å². The Hall–Kier alpha value is -2.50. The van der Waals surface area contributed by atoms with Crippen molar-refractivity contribution in [2.75, 3.05) is 19.7 Å². The second-order valence-electron chi connectivity index (χ2n) is 5.39. The van der Waals surface area contributed by atoms with Crippen LogP contribution in [0.15, 0.2) is 30.3 Å². The molecule has 23 heavy (non-hydrogen) atoms. The van der Waals surface area contributed by atoms with Gasteiger partial charge in [0.1, 0.15) is 5.75 Å². The lowest BCUT2D eigenvalue weighted by molar-refractivity contribution is -0.117. The van der Waals surface area contributed by atoms with E-state index in [1.807, 2.05) is 0 Å². The van der Waals surface area contributed by atoms with Crippen LogP contribution in [0.3, 0.4) is 0 Å². The largest absolute Gasteiger partial charge is 0.508 e. The van der Waals surface area contributed by atoms with Crippen LogP contribution in [-0.4, -0.2) is 47.7 Å². The van der Waals surface area contributed by atoms with Crippen molar-refractivity contribution in [3.05, 3.63) is 35.9 Å². The number of ether oxygens (including phenoxy) is 1. The zero-order chi connectivity index (χ0) is 16.7. The van der Waals surface area contributed by atoms with Crippen molar-refractivity contribution in [2.24, 2.45) is 0 Å². The molecule has 0 aliphatic carbocycles. The monoisotopic (exact) mass is 318 g/mol. The SMILES string of the molecule is CCOC(=O)N1CCC(NC(=O)/C=C/c2ccc(O)cc2)CC1. The van der Waals surface area contributed by atoms with E-state index in [-0.39, 0.29) is 23.8 Å². The molecule has 2 amide bonds. The second kappa shape index (κ2) is 8.22. The van der Waals surface area contributed by atoms with Gasteiger partial charge in [0.2, 0.25) is 5.91 Å². The van der Waals surface area contributed by atoms with Gasteiger partial charge < -0.3 is 20.1 Å². The third-order valence-electron chi connectivity index (χ3n) is 3.69. The zero-order valence-corrected chi connectivity index (χ0v) is 13.2. The molecule has 1 aliphatic rings. The Morgan fingerprint density at radius 1 is 1.30 bits per heavy atom. The smallest absolute Gasteiger partial charge is 0.409 e. The van der Waals surface area contributed by atoms with Crippen LogP contribution in [0.4, 0.5) is 4.79 Å². The molecule has 1 aromatic carbocycles. The van der Waals surface area contributed by atoms with Gasteiger partial charge in [-0.1, -0.05) is 12.1 Å². The quantitative estimate of drug-likeness (QED) is 0.834. The van der Waals surface area contributed by atoms with Gasteiger partial charge in [0.15, 0.2) is 0 Å². The minimum Gasteiger partial charge on any atom is -0.508 e. The average Bonchev–Trinajstić information content (AvgIpc) is 2.55. The van der Waals surface area contributed by atoms with E-state index >= 15 is 0 Å². The van der Waals surface area contributed by atoms with Crippen molar-refractivity contribution >= 4 is 18.1 Å². The summed E-state index contributed by atoms with van der Waals surface area (Å²) in [6, 6.07) is 6.68. The first-order chi connectivity index (χ1) is 11.1. The molecule has 0 bridgehead atoms. The Labute approximate surface area is 135 Å². The highest BCUT2D eigenvalue weighted by molar-refractivity contribution is 5.91.